The van der Waals surface area contributed by atoms with Crippen LogP contribution in [0.1, 0.15) is 140 Å². The number of piperidine rings is 1. The van der Waals surface area contributed by atoms with E-state index < -0.39 is 76.9 Å². The molecular weight excluding hydrogens is 1960 g/mol. The molecule has 1 saturated heterocycles. The van der Waals surface area contributed by atoms with Crippen molar-refractivity contribution in [2.75, 3.05) is 46.5 Å². The molecule has 762 valence electrons. The first-order valence-corrected chi connectivity index (χ1v) is 49.5. The number of unbranched alkanes of at least 4 members (excludes halogenated alkanes) is 1. The summed E-state index contributed by atoms with van der Waals surface area (Å²) in [5.41, 5.74) is 6.61. The Morgan fingerprint density at radius 2 is 1.18 bits per heavy atom. The van der Waals surface area contributed by atoms with Crippen LogP contribution in [0.15, 0.2) is 288 Å². The van der Waals surface area contributed by atoms with Crippen molar-refractivity contribution < 1.29 is 116 Å². The molecule has 1 aliphatic heterocycles. The third-order valence-corrected chi connectivity index (χ3v) is 27.8. The van der Waals surface area contributed by atoms with Crippen LogP contribution in [0.5, 0.6) is 34.5 Å². The number of aromatic nitrogens is 2. The Hall–Kier alpha value is -14.6. The van der Waals surface area contributed by atoms with Crippen molar-refractivity contribution in [3.05, 3.63) is 362 Å². The van der Waals surface area contributed by atoms with Gasteiger partial charge in [-0.2, -0.15) is 39.5 Å². The maximum atomic E-state index is 13.7. The lowest BCUT2D eigenvalue weighted by molar-refractivity contribution is -0.153. The zero-order valence-corrected chi connectivity index (χ0v) is 82.8. The Bertz CT molecular complexity index is 6720. The highest BCUT2D eigenvalue weighted by Gasteiger charge is 2.49. The molecule has 6 N–H and O–H groups in total. The number of likely N-dealkylation sites (tertiary alicyclic amines) is 1. The van der Waals surface area contributed by atoms with Crippen LogP contribution in [0.3, 0.4) is 0 Å². The molecule has 0 bridgehead atoms. The summed E-state index contributed by atoms with van der Waals surface area (Å²) in [5, 5.41) is 38.6. The van der Waals surface area contributed by atoms with Crippen molar-refractivity contribution in [2.45, 2.75) is 145 Å². The Labute approximate surface area is 849 Å². The summed E-state index contributed by atoms with van der Waals surface area (Å²) < 4.78 is 164. The van der Waals surface area contributed by atoms with Crippen molar-refractivity contribution in [1.82, 2.24) is 30.8 Å². The van der Waals surface area contributed by atoms with E-state index in [0.717, 1.165) is 127 Å². The number of amides is 3. The second-order valence-electron chi connectivity index (χ2n) is 34.9. The van der Waals surface area contributed by atoms with Crippen LogP contribution in [-0.2, 0) is 68.5 Å². The smallest absolute Gasteiger partial charge is 0.416 e. The number of carboxylic acid groups (broad SMARTS) is 3. The number of fused-ring (bicyclic) bond motifs is 3. The van der Waals surface area contributed by atoms with Gasteiger partial charge in [0.05, 0.1) is 52.6 Å². The number of ether oxygens (including phenoxy) is 5. The molecule has 0 spiro atoms. The third kappa shape index (κ3) is 29.6. The average Bonchev–Trinajstić information content (AvgIpc) is 1.56. The van der Waals surface area contributed by atoms with Crippen molar-refractivity contribution in [2.24, 2.45) is 5.92 Å². The van der Waals surface area contributed by atoms with Gasteiger partial charge in [0.2, 0.25) is 17.4 Å². The van der Waals surface area contributed by atoms with Crippen molar-refractivity contribution in [1.29, 1.82) is 0 Å². The predicted molar refractivity (Wildman–Crippen MR) is 540 cm³/mol. The second-order valence-corrected chi connectivity index (χ2v) is 38.0. The van der Waals surface area contributed by atoms with E-state index in [1.165, 1.54) is 54.8 Å². The third-order valence-electron chi connectivity index (χ3n) is 24.5. The molecule has 14 aromatic rings. The van der Waals surface area contributed by atoms with Crippen LogP contribution in [0, 0.1) is 32.5 Å². The summed E-state index contributed by atoms with van der Waals surface area (Å²) in [6.07, 6.45) is -8.53. The molecule has 16 rings (SSSR count). The number of hydrogen-bond donors (Lipinski definition) is 6. The summed E-state index contributed by atoms with van der Waals surface area (Å²) in [6.45, 7) is 10.2. The Morgan fingerprint density at radius 1 is 0.596 bits per heavy atom. The quantitative estimate of drug-likeness (QED) is 0.0120. The number of nitrogens with zero attached hydrogens (tertiary/aromatic N) is 3. The van der Waals surface area contributed by atoms with Crippen LogP contribution in [0.4, 0.5) is 43.9 Å². The first kappa shape index (κ1) is 109. The number of aryl methyl sites for hydroxylation is 3. The minimum Gasteiger partial charge on any atom is -0.496 e. The number of thioether (sulfide) groups is 1. The van der Waals surface area contributed by atoms with Crippen LogP contribution in [0.2, 0.25) is 0 Å². The summed E-state index contributed by atoms with van der Waals surface area (Å²) >= 11 is 4.65. The van der Waals surface area contributed by atoms with Gasteiger partial charge in [-0.3, -0.25) is 19.2 Å². The topological polar surface area (TPSA) is 288 Å². The molecular formula is C112H106F10N6O15S3. The lowest BCUT2D eigenvalue weighted by atomic mass is 9.73. The minimum absolute atomic E-state index is 0.0773. The van der Waals surface area contributed by atoms with E-state index in [2.05, 4.69) is 30.8 Å². The lowest BCUT2D eigenvalue weighted by Crippen LogP contribution is -2.47. The number of nitrogens with one attached hydrogen (secondary N) is 3. The van der Waals surface area contributed by atoms with E-state index in [4.69, 9.17) is 33.2 Å². The van der Waals surface area contributed by atoms with Crippen molar-refractivity contribution in [3.63, 3.8) is 0 Å². The van der Waals surface area contributed by atoms with E-state index in [1.807, 2.05) is 160 Å². The number of thiazole rings is 1. The number of benzene rings is 11. The molecule has 146 heavy (non-hydrogen) atoms. The van der Waals surface area contributed by atoms with E-state index >= 15 is 0 Å². The van der Waals surface area contributed by atoms with Crippen molar-refractivity contribution in [3.8, 4) is 78.1 Å². The largest absolute Gasteiger partial charge is 0.496 e. The van der Waals surface area contributed by atoms with Crippen LogP contribution in [-0.4, -0.2) is 130 Å². The van der Waals surface area contributed by atoms with Crippen molar-refractivity contribution >= 4 is 70.1 Å². The number of methoxy groups -OCH3 is 1. The van der Waals surface area contributed by atoms with Gasteiger partial charge < -0.3 is 64.3 Å². The second kappa shape index (κ2) is 49.8. The number of carbonyl (C=O) groups is 6. The predicted octanol–water partition coefficient (Wildman–Crippen LogP) is 25.6. The fourth-order valence-corrected chi connectivity index (χ4v) is 19.6. The van der Waals surface area contributed by atoms with E-state index in [0.29, 0.717) is 131 Å². The van der Waals surface area contributed by atoms with Gasteiger partial charge in [-0.25, -0.2) is 23.9 Å². The monoisotopic (exact) mass is 2060 g/mol. The normalized spacial score (nSPS) is 13.3. The molecule has 3 amide bonds. The number of carbonyl (C=O) groups excluding carboxylic acids is 3. The van der Waals surface area contributed by atoms with Crippen LogP contribution in [0.25, 0.3) is 43.6 Å². The van der Waals surface area contributed by atoms with Gasteiger partial charge in [-0.05, 0) is 261 Å². The highest BCUT2D eigenvalue weighted by atomic mass is 32.2. The molecule has 0 saturated carbocycles. The van der Waals surface area contributed by atoms with Gasteiger partial charge in [-0.15, -0.1) is 34.4 Å². The maximum absolute atomic E-state index is 13.7. The highest BCUT2D eigenvalue weighted by Crippen LogP contribution is 2.52. The fourth-order valence-electron chi connectivity index (χ4n) is 16.8. The van der Waals surface area contributed by atoms with Gasteiger partial charge in [0.15, 0.2) is 6.61 Å². The molecule has 11 aromatic carbocycles. The SMILES string of the molecule is CC[C@@H](Cc1ccc(OC)c(C(=O)NCc2ccc(Oc3ccc(F)cc3)cc2)c1)C(=O)O.Cc1cc(SCc2sc(-c3ccc(C(F)(F)F)cc3)nc2C)ccc1OCC(=O)O.Cc1oc(-c2cccs2)nc1CCOc1ccc(C[C@](C)(Oc2ccccc2)C(=O)O)cc1.O=C(NC1CCN(CCCCC2(C(=O)NCC(F)(F)F)c3ccccc3-c3ccccc32)CC1)c1ccccc1-c1ccc(C(F)(F)F)cc1. The summed E-state index contributed by atoms with van der Waals surface area (Å²) in [6, 6.07) is 75.3. The minimum atomic E-state index is -4.53. The molecule has 3 aromatic heterocycles. The van der Waals surface area contributed by atoms with Gasteiger partial charge in [0.25, 0.3) is 11.8 Å². The van der Waals surface area contributed by atoms with E-state index in [9.17, 15) is 82.9 Å². The molecule has 2 aliphatic rings. The molecule has 4 heterocycles. The number of hydrogen-bond acceptors (Lipinski definition) is 18. The van der Waals surface area contributed by atoms with Crippen LogP contribution >= 0.6 is 34.4 Å². The van der Waals surface area contributed by atoms with Gasteiger partial charge in [-0.1, -0.05) is 159 Å². The Balaban J connectivity index is 0.000000167. The zero-order valence-electron chi connectivity index (χ0n) is 80.3. The average molecular weight is 2060 g/mol. The first-order valence-electron chi connectivity index (χ1n) is 46.8. The number of para-hydroxylation sites is 1. The lowest BCUT2D eigenvalue weighted by Gasteiger charge is -2.33. The number of thiophene rings is 1. The molecule has 2 atom stereocenters. The Morgan fingerprint density at radius 3 is 1.77 bits per heavy atom. The Kier molecular flexibility index (Phi) is 37.1. The van der Waals surface area contributed by atoms with E-state index in [1.54, 1.807) is 115 Å². The summed E-state index contributed by atoms with van der Waals surface area (Å²) in [5.74, 6) is 0.400. The number of alkyl halides is 9. The molecule has 0 radical (unpaired) electrons. The maximum Gasteiger partial charge on any atom is 0.416 e. The number of halogens is 10. The molecule has 0 unspecified atom stereocenters. The van der Waals surface area contributed by atoms with E-state index in [-0.39, 0.29) is 43.2 Å². The number of oxazole rings is 1. The summed E-state index contributed by atoms with van der Waals surface area (Å²) in [7, 11) is 1.48. The molecule has 34 heteroatoms. The molecule has 1 aliphatic carbocycles. The number of carboxylic acids is 3. The first-order chi connectivity index (χ1) is 69.8. The fraction of sp³-hybridized carbons (Fsp3) is 0.268. The summed E-state index contributed by atoms with van der Waals surface area (Å²) in [4.78, 5) is 88.1. The highest BCUT2D eigenvalue weighted by molar-refractivity contribution is 7.98. The van der Waals surface area contributed by atoms with Gasteiger partial charge >= 0.3 is 36.4 Å². The number of aliphatic carboxylic acids is 3. The van der Waals surface area contributed by atoms with Crippen LogP contribution < -0.4 is 39.6 Å². The standard InChI is InChI=1S/C39H37F6N3O2.C26H26FNO5.C26H25NO5S.C21H18F3NO3S2/c40-38(41,42)25-46-36(50)37(33-13-5-3-10-30(33)31-11-4-6-14-34(31)37)21-7-8-22-48-23-19-28(20-24-48)47-35(49)32-12-2-1-9-29(32)26-15-17-27(18-16-26)39(43,44)45;1-3-19(26(30)31)14-18-6-13-24(32-2)23(15-18)25(29)28-16-17-4-9-21(10-5-17)33-22-11-7-20(27)8-12-22;1-18-22(27-24(31-18)23-9-6-16-33-23)14-15-30-20-12-10-19(11-13-20)17-26(2,25(28)29)32-21-7-4-3-5-8-21;1-12-9-16(7-8-17(12)28-10-19(26)27)29-11-18-13(2)25-20(30-18)14-3-5-15(6-4-14)21(22,23)24/h1-6,9-18,28H,7-8,19-25H2,(H,46,50)(H,47,49);4-13,15,19H,3,14,16H2,1-2H3,(H,28,29)(H,30,31);3-13,16H,14-15,17H2,1-2H3,(H,28,29);3-9H,10-11H2,1-2H3,(H,26,27)/t;19-;26-;/m.00./s1. The van der Waals surface area contributed by atoms with Gasteiger partial charge in [0, 0.05) is 65.2 Å². The molecule has 1 fully saturated rings. The zero-order chi connectivity index (χ0) is 104. The molecule has 21 nitrogen and oxygen atoms in total. The number of rotatable bonds is 37. The van der Waals surface area contributed by atoms with Gasteiger partial charge in [0.1, 0.15) is 63.0 Å².